The van der Waals surface area contributed by atoms with Gasteiger partial charge >= 0.3 is 7.60 Å². The van der Waals surface area contributed by atoms with Gasteiger partial charge in [0.25, 0.3) is 0 Å². The van der Waals surface area contributed by atoms with Crippen LogP contribution in [-0.2, 0) is 36.8 Å². The van der Waals surface area contributed by atoms with E-state index in [4.69, 9.17) is 4.52 Å². The highest BCUT2D eigenvalue weighted by Crippen LogP contribution is 2.45. The third-order valence-electron chi connectivity index (χ3n) is 6.07. The molecule has 5 nitrogen and oxygen atoms in total. The summed E-state index contributed by atoms with van der Waals surface area (Å²) in [6, 6.07) is 8.23. The van der Waals surface area contributed by atoms with Crippen molar-refractivity contribution < 1.29 is 19.1 Å². The van der Waals surface area contributed by atoms with Crippen LogP contribution < -0.4 is 4.52 Å². The molecule has 0 amide bonds. The Morgan fingerprint density at radius 2 is 2.00 bits per heavy atom. The van der Waals surface area contributed by atoms with Crippen LogP contribution in [-0.4, -0.2) is 28.1 Å². The lowest BCUT2D eigenvalue weighted by Gasteiger charge is -2.42. The van der Waals surface area contributed by atoms with E-state index in [9.17, 15) is 14.6 Å². The number of aromatic hydroxyl groups is 1. The maximum absolute atomic E-state index is 11.9. The molecule has 2 N–H and O–H groups in total. The van der Waals surface area contributed by atoms with Crippen molar-refractivity contribution in [1.29, 1.82) is 0 Å². The number of benzene rings is 2. The second-order valence-electron chi connectivity index (χ2n) is 7.90. The van der Waals surface area contributed by atoms with Crippen molar-refractivity contribution in [2.75, 3.05) is 13.2 Å². The van der Waals surface area contributed by atoms with Crippen LogP contribution in [0.15, 0.2) is 24.3 Å². The Kier molecular flexibility index (Phi) is 5.03. The zero-order valence-corrected chi connectivity index (χ0v) is 17.6. The van der Waals surface area contributed by atoms with E-state index in [-0.39, 0.29) is 6.04 Å². The Bertz CT molecular complexity index is 965. The molecule has 150 valence electrons. The highest BCUT2D eigenvalue weighted by atomic mass is 31.2. The minimum absolute atomic E-state index is 0.230. The molecule has 0 fully saturated rings. The molecule has 2 aromatic carbocycles. The minimum Gasteiger partial charge on any atom is -0.508 e. The number of fused-ring (bicyclic) bond motifs is 4. The van der Waals surface area contributed by atoms with Crippen LogP contribution in [0.5, 0.6) is 11.5 Å². The Balaban J connectivity index is 1.76. The lowest BCUT2D eigenvalue weighted by atomic mass is 9.81. The molecule has 28 heavy (non-hydrogen) atoms. The van der Waals surface area contributed by atoms with Crippen LogP contribution in [0.2, 0.25) is 0 Å². The van der Waals surface area contributed by atoms with E-state index < -0.39 is 7.60 Å². The lowest BCUT2D eigenvalue weighted by Crippen LogP contribution is -2.39. The van der Waals surface area contributed by atoms with E-state index in [2.05, 4.69) is 17.9 Å². The van der Waals surface area contributed by atoms with Gasteiger partial charge in [0.1, 0.15) is 11.5 Å². The second kappa shape index (κ2) is 7.22. The topological polar surface area (TPSA) is 70.0 Å². The molecule has 4 rings (SSSR count). The number of phenolic OH excluding ortho intramolecular Hbond substituents is 1. The summed E-state index contributed by atoms with van der Waals surface area (Å²) in [5.74, 6) is 0.921. The maximum Gasteiger partial charge on any atom is 0.373 e. The smallest absolute Gasteiger partial charge is 0.373 e. The fourth-order valence-electron chi connectivity index (χ4n) is 4.73. The summed E-state index contributed by atoms with van der Waals surface area (Å²) in [7, 11) is -3.61. The number of hydrogen-bond donors (Lipinski definition) is 2. The SMILES string of the molecule is CCc1cc2c(cc1OP(C)(=O)O)C1Cc3ccc(O)c(CC)c3CN1CC2. The molecule has 0 saturated heterocycles. The first-order chi connectivity index (χ1) is 13.3. The largest absolute Gasteiger partial charge is 0.508 e. The van der Waals surface area contributed by atoms with Crippen LogP contribution in [0.25, 0.3) is 0 Å². The van der Waals surface area contributed by atoms with Gasteiger partial charge in [0, 0.05) is 25.8 Å². The minimum atomic E-state index is -3.61. The molecule has 2 atom stereocenters. The van der Waals surface area contributed by atoms with Gasteiger partial charge in [-0.25, -0.2) is 4.57 Å². The molecular weight excluding hydrogens is 373 g/mol. The first-order valence-electron chi connectivity index (χ1n) is 10.0. The molecule has 0 spiro atoms. The Morgan fingerprint density at radius 3 is 2.68 bits per heavy atom. The average Bonchev–Trinajstić information content (AvgIpc) is 2.65. The first kappa shape index (κ1) is 19.5. The Hall–Kier alpha value is -1.81. The third kappa shape index (κ3) is 3.47. The predicted molar refractivity (Wildman–Crippen MR) is 110 cm³/mol. The van der Waals surface area contributed by atoms with Gasteiger partial charge in [-0.05, 0) is 71.2 Å². The average molecular weight is 401 g/mol. The third-order valence-corrected chi connectivity index (χ3v) is 6.61. The molecule has 2 heterocycles. The molecular formula is C22H28NO4P. The molecule has 2 aliphatic heterocycles. The zero-order chi connectivity index (χ0) is 20.1. The number of rotatable bonds is 4. The summed E-state index contributed by atoms with van der Waals surface area (Å²) >= 11 is 0. The summed E-state index contributed by atoms with van der Waals surface area (Å²) in [6.45, 7) is 7.16. The summed E-state index contributed by atoms with van der Waals surface area (Å²) in [4.78, 5) is 12.2. The molecule has 0 bridgehead atoms. The van der Waals surface area contributed by atoms with Gasteiger partial charge < -0.3 is 14.5 Å². The van der Waals surface area contributed by atoms with Crippen LogP contribution >= 0.6 is 7.60 Å². The fraction of sp³-hybridized carbons (Fsp3) is 0.455. The van der Waals surface area contributed by atoms with Crippen LogP contribution in [0, 0.1) is 0 Å². The molecule has 0 aromatic heterocycles. The van der Waals surface area contributed by atoms with E-state index in [1.165, 1.54) is 28.9 Å². The van der Waals surface area contributed by atoms with E-state index in [1.807, 2.05) is 25.1 Å². The van der Waals surface area contributed by atoms with Crippen molar-refractivity contribution in [3.8, 4) is 11.5 Å². The highest BCUT2D eigenvalue weighted by molar-refractivity contribution is 7.52. The van der Waals surface area contributed by atoms with Crippen molar-refractivity contribution in [3.05, 3.63) is 57.6 Å². The summed E-state index contributed by atoms with van der Waals surface area (Å²) < 4.78 is 17.3. The van der Waals surface area contributed by atoms with Crippen molar-refractivity contribution >= 4 is 7.60 Å². The molecule has 2 aromatic rings. The number of phenols is 1. The van der Waals surface area contributed by atoms with Gasteiger partial charge in [-0.3, -0.25) is 4.90 Å². The van der Waals surface area contributed by atoms with Crippen molar-refractivity contribution in [2.24, 2.45) is 0 Å². The van der Waals surface area contributed by atoms with E-state index in [0.717, 1.165) is 49.9 Å². The standard InChI is InChI=1S/C22H28NO4P/c1-4-14-10-16-8-9-23-13-19-15(6-7-21(24)17(19)5-2)11-20(23)18(16)12-22(14)27-28(3,25)26/h6-7,10,12,20,24H,4-5,8-9,11,13H2,1-3H3,(H,25,26). The molecule has 6 heteroatoms. The first-order valence-corrected chi connectivity index (χ1v) is 12.0. The van der Waals surface area contributed by atoms with Gasteiger partial charge in [-0.1, -0.05) is 26.0 Å². The maximum atomic E-state index is 11.9. The van der Waals surface area contributed by atoms with Gasteiger partial charge in [0.05, 0.1) is 0 Å². The zero-order valence-electron chi connectivity index (χ0n) is 16.7. The number of aryl methyl sites for hydroxylation is 1. The van der Waals surface area contributed by atoms with Crippen molar-refractivity contribution in [3.63, 3.8) is 0 Å². The summed E-state index contributed by atoms with van der Waals surface area (Å²) in [6.07, 6.45) is 3.42. The Labute approximate surface area is 166 Å². The van der Waals surface area contributed by atoms with Crippen LogP contribution in [0.4, 0.5) is 0 Å². The highest BCUT2D eigenvalue weighted by Gasteiger charge is 2.34. The quantitative estimate of drug-likeness (QED) is 0.745. The lowest BCUT2D eigenvalue weighted by molar-refractivity contribution is 0.160. The summed E-state index contributed by atoms with van der Waals surface area (Å²) in [5.41, 5.74) is 7.10. The molecule has 0 aliphatic carbocycles. The fourth-order valence-corrected chi connectivity index (χ4v) is 5.26. The number of nitrogens with zero attached hydrogens (tertiary/aromatic N) is 1. The van der Waals surface area contributed by atoms with E-state index >= 15 is 0 Å². The molecule has 2 aliphatic rings. The molecule has 0 radical (unpaired) electrons. The van der Waals surface area contributed by atoms with Crippen molar-refractivity contribution in [1.82, 2.24) is 4.90 Å². The van der Waals surface area contributed by atoms with Crippen LogP contribution in [0.1, 0.15) is 53.3 Å². The Morgan fingerprint density at radius 1 is 1.21 bits per heavy atom. The predicted octanol–water partition coefficient (Wildman–Crippen LogP) is 4.37. The molecule has 0 saturated carbocycles. The van der Waals surface area contributed by atoms with E-state index in [0.29, 0.717) is 11.5 Å². The summed E-state index contributed by atoms with van der Waals surface area (Å²) in [5, 5.41) is 10.2. The van der Waals surface area contributed by atoms with E-state index in [1.54, 1.807) is 0 Å². The monoisotopic (exact) mass is 401 g/mol. The number of hydrogen-bond acceptors (Lipinski definition) is 4. The van der Waals surface area contributed by atoms with Gasteiger partial charge in [-0.15, -0.1) is 0 Å². The van der Waals surface area contributed by atoms with Crippen molar-refractivity contribution in [2.45, 2.75) is 52.1 Å². The molecule has 2 unspecified atom stereocenters. The normalized spacial score (nSPS) is 20.6. The van der Waals surface area contributed by atoms with Gasteiger partial charge in [0.15, 0.2) is 0 Å². The van der Waals surface area contributed by atoms with Crippen LogP contribution in [0.3, 0.4) is 0 Å². The van der Waals surface area contributed by atoms with Gasteiger partial charge in [-0.2, -0.15) is 0 Å². The van der Waals surface area contributed by atoms with Gasteiger partial charge in [0.2, 0.25) is 0 Å². The second-order valence-corrected chi connectivity index (χ2v) is 9.69.